The summed E-state index contributed by atoms with van der Waals surface area (Å²) in [5, 5.41) is 2.56. The van der Waals surface area contributed by atoms with Crippen molar-refractivity contribution < 1.29 is 14.0 Å². The van der Waals surface area contributed by atoms with Crippen LogP contribution in [-0.2, 0) is 22.7 Å². The van der Waals surface area contributed by atoms with E-state index in [-0.39, 0.29) is 40.0 Å². The minimum atomic E-state index is -0.344. The molecule has 3 aliphatic heterocycles. The number of likely N-dealkylation sites (tertiary alicyclic amines) is 1. The minimum Gasteiger partial charge on any atom is -0.299 e. The van der Waals surface area contributed by atoms with Gasteiger partial charge in [0.05, 0.1) is 16.4 Å². The highest BCUT2D eigenvalue weighted by Crippen LogP contribution is 2.40. The smallest absolute Gasteiger partial charge is 0.243 e. The number of rotatable bonds is 4. The maximum Gasteiger partial charge on any atom is 0.243 e. The van der Waals surface area contributed by atoms with Crippen molar-refractivity contribution in [3.05, 3.63) is 69.5 Å². The van der Waals surface area contributed by atoms with E-state index in [1.54, 1.807) is 6.07 Å². The van der Waals surface area contributed by atoms with Gasteiger partial charge in [-0.3, -0.25) is 24.7 Å². The molecule has 0 radical (unpaired) electrons. The van der Waals surface area contributed by atoms with Crippen molar-refractivity contribution in [2.75, 3.05) is 13.1 Å². The summed E-state index contributed by atoms with van der Waals surface area (Å²) in [7, 11) is 0. The molecular weight excluding hydrogens is 461 g/mol. The van der Waals surface area contributed by atoms with E-state index in [4.69, 9.17) is 24.2 Å². The van der Waals surface area contributed by atoms with Crippen molar-refractivity contribution in [1.82, 2.24) is 15.1 Å². The molecule has 2 fully saturated rings. The predicted molar refractivity (Wildman–Crippen MR) is 129 cm³/mol. The van der Waals surface area contributed by atoms with Gasteiger partial charge in [0.2, 0.25) is 11.8 Å². The molecule has 2 amide bonds. The van der Waals surface area contributed by atoms with Crippen LogP contribution in [0.25, 0.3) is 0 Å². The van der Waals surface area contributed by atoms with Gasteiger partial charge in [-0.05, 0) is 66.6 Å². The SMILES string of the molecule is O=C1CCC(N2Cc3cc(CN4CCC(c5cccc(F)c5Cl)CC4)ccc3C2S)C(=O)N1. The molecule has 33 heavy (non-hydrogen) atoms. The number of amides is 2. The molecule has 2 atom stereocenters. The largest absolute Gasteiger partial charge is 0.299 e. The molecule has 3 heterocycles. The molecule has 2 aromatic carbocycles. The number of nitrogens with one attached hydrogen (secondary N) is 1. The molecule has 0 bridgehead atoms. The second-order valence-electron chi connectivity index (χ2n) is 9.24. The van der Waals surface area contributed by atoms with Crippen LogP contribution in [0.4, 0.5) is 4.39 Å². The Morgan fingerprint density at radius 3 is 2.64 bits per heavy atom. The Hall–Kier alpha value is -1.93. The van der Waals surface area contributed by atoms with Crippen LogP contribution < -0.4 is 5.32 Å². The standard InChI is InChI=1S/C25H27ClFN3O2S/c26-23-18(2-1-3-20(23)27)16-8-10-29(11-9-16)13-15-4-5-19-17(12-15)14-30(25(19)33)21-6-7-22(31)28-24(21)32/h1-5,12,16,21,25,33H,6-11,13-14H2,(H,28,31,32). The fourth-order valence-corrected chi connectivity index (χ4v) is 6.16. The van der Waals surface area contributed by atoms with Crippen molar-refractivity contribution in [3.63, 3.8) is 0 Å². The average Bonchev–Trinajstić information content (AvgIpc) is 3.12. The summed E-state index contributed by atoms with van der Waals surface area (Å²) in [6, 6.07) is 11.2. The van der Waals surface area contributed by atoms with Crippen molar-refractivity contribution in [2.24, 2.45) is 0 Å². The normalized spacial score (nSPS) is 24.7. The van der Waals surface area contributed by atoms with Crippen LogP contribution in [0.15, 0.2) is 36.4 Å². The number of carbonyl (C=O) groups excluding carboxylic acids is 2. The van der Waals surface area contributed by atoms with Gasteiger partial charge in [-0.2, -0.15) is 12.6 Å². The number of carbonyl (C=O) groups is 2. The van der Waals surface area contributed by atoms with Gasteiger partial charge in [-0.1, -0.05) is 41.9 Å². The second kappa shape index (κ2) is 9.37. The van der Waals surface area contributed by atoms with Crippen molar-refractivity contribution >= 4 is 36.0 Å². The summed E-state index contributed by atoms with van der Waals surface area (Å²) in [4.78, 5) is 28.3. The van der Waals surface area contributed by atoms with Crippen molar-refractivity contribution in [2.45, 2.75) is 56.1 Å². The lowest BCUT2D eigenvalue weighted by atomic mass is 9.89. The van der Waals surface area contributed by atoms with E-state index in [0.29, 0.717) is 19.4 Å². The maximum atomic E-state index is 13.8. The summed E-state index contributed by atoms with van der Waals surface area (Å²) in [5.74, 6) is -0.478. The molecule has 0 spiro atoms. The van der Waals surface area contributed by atoms with Gasteiger partial charge in [0, 0.05) is 19.5 Å². The molecule has 5 nitrogen and oxygen atoms in total. The van der Waals surface area contributed by atoms with Gasteiger partial charge in [-0.25, -0.2) is 4.39 Å². The highest BCUT2D eigenvalue weighted by molar-refractivity contribution is 7.80. The van der Waals surface area contributed by atoms with Crippen molar-refractivity contribution in [3.8, 4) is 0 Å². The Labute approximate surface area is 203 Å². The van der Waals surface area contributed by atoms with E-state index in [1.807, 2.05) is 6.07 Å². The van der Waals surface area contributed by atoms with Gasteiger partial charge in [0.1, 0.15) is 5.82 Å². The van der Waals surface area contributed by atoms with Crippen LogP contribution in [0.2, 0.25) is 5.02 Å². The maximum absolute atomic E-state index is 13.8. The topological polar surface area (TPSA) is 52.7 Å². The molecular formula is C25H27ClFN3O2S. The Kier molecular flexibility index (Phi) is 6.49. The number of halogens is 2. The van der Waals surface area contributed by atoms with Crippen LogP contribution in [0, 0.1) is 5.82 Å². The highest BCUT2D eigenvalue weighted by atomic mass is 35.5. The molecule has 8 heteroatoms. The summed E-state index contributed by atoms with van der Waals surface area (Å²) in [5.41, 5.74) is 4.48. The molecule has 5 rings (SSSR count). The molecule has 0 aromatic heterocycles. The van der Waals surface area contributed by atoms with E-state index in [1.165, 1.54) is 17.2 Å². The van der Waals surface area contributed by atoms with Crippen LogP contribution >= 0.6 is 24.2 Å². The zero-order valence-corrected chi connectivity index (χ0v) is 19.9. The molecule has 2 aromatic rings. The van der Waals surface area contributed by atoms with Crippen LogP contribution in [0.1, 0.15) is 59.2 Å². The third kappa shape index (κ3) is 4.56. The first-order valence-corrected chi connectivity index (χ1v) is 12.4. The first-order valence-electron chi connectivity index (χ1n) is 11.5. The number of nitrogens with zero attached hydrogens (tertiary/aromatic N) is 2. The lowest BCUT2D eigenvalue weighted by Gasteiger charge is -2.32. The minimum absolute atomic E-state index is 0.148. The number of hydrogen-bond acceptors (Lipinski definition) is 5. The molecule has 0 aliphatic carbocycles. The number of benzene rings is 2. The van der Waals surface area contributed by atoms with Gasteiger partial charge in [-0.15, -0.1) is 0 Å². The summed E-state index contributed by atoms with van der Waals surface area (Å²) < 4.78 is 13.8. The number of fused-ring (bicyclic) bond motifs is 1. The van der Waals surface area contributed by atoms with E-state index < -0.39 is 0 Å². The van der Waals surface area contributed by atoms with Crippen LogP contribution in [0.3, 0.4) is 0 Å². The third-order valence-electron chi connectivity index (χ3n) is 7.18. The van der Waals surface area contributed by atoms with Gasteiger partial charge in [0.15, 0.2) is 0 Å². The van der Waals surface area contributed by atoms with Crippen LogP contribution in [0.5, 0.6) is 0 Å². The third-order valence-corrected chi connectivity index (χ3v) is 8.15. The Morgan fingerprint density at radius 2 is 1.88 bits per heavy atom. The monoisotopic (exact) mass is 487 g/mol. The number of hydrogen-bond donors (Lipinski definition) is 2. The predicted octanol–water partition coefficient (Wildman–Crippen LogP) is 4.41. The molecule has 1 N–H and O–H groups in total. The lowest BCUT2D eigenvalue weighted by molar-refractivity contribution is -0.137. The highest BCUT2D eigenvalue weighted by Gasteiger charge is 2.39. The molecule has 3 aliphatic rings. The Morgan fingerprint density at radius 1 is 1.09 bits per heavy atom. The lowest BCUT2D eigenvalue weighted by Crippen LogP contribution is -2.51. The number of imide groups is 1. The summed E-state index contributed by atoms with van der Waals surface area (Å²) in [6.07, 6.45) is 2.81. The van der Waals surface area contributed by atoms with Crippen molar-refractivity contribution in [1.29, 1.82) is 0 Å². The van der Waals surface area contributed by atoms with Crippen LogP contribution in [-0.4, -0.2) is 40.7 Å². The van der Waals surface area contributed by atoms with E-state index in [2.05, 4.69) is 33.3 Å². The first kappa shape index (κ1) is 22.8. The number of thiol groups is 1. The Balaban J connectivity index is 1.21. The second-order valence-corrected chi connectivity index (χ2v) is 10.1. The van der Waals surface area contributed by atoms with Gasteiger partial charge < -0.3 is 0 Å². The fraction of sp³-hybridized carbons (Fsp3) is 0.440. The quantitative estimate of drug-likeness (QED) is 0.495. The van der Waals surface area contributed by atoms with E-state index in [0.717, 1.165) is 43.6 Å². The van der Waals surface area contributed by atoms with E-state index in [9.17, 15) is 14.0 Å². The molecule has 0 saturated carbocycles. The average molecular weight is 488 g/mol. The molecule has 2 saturated heterocycles. The molecule has 174 valence electrons. The fourth-order valence-electron chi connectivity index (χ4n) is 5.38. The zero-order valence-electron chi connectivity index (χ0n) is 18.3. The zero-order chi connectivity index (χ0) is 23.1. The van der Waals surface area contributed by atoms with E-state index >= 15 is 0 Å². The van der Waals surface area contributed by atoms with Gasteiger partial charge >= 0.3 is 0 Å². The molecule has 2 unspecified atom stereocenters. The Bertz CT molecular complexity index is 1090. The summed E-state index contributed by atoms with van der Waals surface area (Å²) in [6.45, 7) is 3.38. The number of piperidine rings is 2. The van der Waals surface area contributed by atoms with Gasteiger partial charge in [0.25, 0.3) is 0 Å². The first-order chi connectivity index (χ1) is 15.9. The summed E-state index contributed by atoms with van der Waals surface area (Å²) >= 11 is 11.0.